The summed E-state index contributed by atoms with van der Waals surface area (Å²) in [6.45, 7) is 6.21. The average molecular weight is 476 g/mol. The first kappa shape index (κ1) is 22.0. The highest BCUT2D eigenvalue weighted by molar-refractivity contribution is 5.93. The molecule has 2 fully saturated rings. The fraction of sp³-hybridized carbons (Fsp3) is 0.560. The maximum Gasteiger partial charge on any atom is 0.295 e. The molecular formula is C25H29N7O3. The molecule has 10 heteroatoms. The summed E-state index contributed by atoms with van der Waals surface area (Å²) in [5.74, 6) is 2.30. The minimum absolute atomic E-state index is 0.0344. The van der Waals surface area contributed by atoms with Crippen LogP contribution in [0.15, 0.2) is 21.5 Å². The zero-order valence-electron chi connectivity index (χ0n) is 20.3. The molecule has 3 aromatic heterocycles. The molecule has 3 aliphatic rings. The number of nitrogens with zero attached hydrogens (tertiary/aromatic N) is 7. The van der Waals surface area contributed by atoms with Crippen molar-refractivity contribution in [3.8, 4) is 11.8 Å². The number of pyridine rings is 2. The van der Waals surface area contributed by atoms with E-state index in [9.17, 15) is 10.1 Å². The van der Waals surface area contributed by atoms with Gasteiger partial charge in [-0.3, -0.25) is 9.69 Å². The molecule has 35 heavy (non-hydrogen) atoms. The first-order valence-corrected chi connectivity index (χ1v) is 12.5. The molecule has 5 heterocycles. The number of fused-ring (bicyclic) bond motifs is 5. The van der Waals surface area contributed by atoms with Crippen LogP contribution in [0.5, 0.6) is 5.75 Å². The highest BCUT2D eigenvalue weighted by Crippen LogP contribution is 2.42. The third-order valence-electron chi connectivity index (χ3n) is 7.68. The number of aryl methyl sites for hydroxylation is 1. The highest BCUT2D eigenvalue weighted by Gasteiger charge is 2.43. The molecule has 0 amide bonds. The summed E-state index contributed by atoms with van der Waals surface area (Å²) in [5.41, 5.74) is 2.17. The predicted molar refractivity (Wildman–Crippen MR) is 128 cm³/mol. The van der Waals surface area contributed by atoms with E-state index in [2.05, 4.69) is 39.9 Å². The number of piperazine rings is 1. The molecule has 3 aromatic rings. The fourth-order valence-electron chi connectivity index (χ4n) is 5.58. The van der Waals surface area contributed by atoms with Crippen molar-refractivity contribution >= 4 is 16.7 Å². The van der Waals surface area contributed by atoms with E-state index < -0.39 is 0 Å². The molecule has 10 nitrogen and oxygen atoms in total. The maximum atomic E-state index is 13.2. The number of hydrogen-bond acceptors (Lipinski definition) is 9. The van der Waals surface area contributed by atoms with Gasteiger partial charge in [-0.2, -0.15) is 10.2 Å². The average Bonchev–Trinajstić information content (AvgIpc) is 3.63. The Balaban J connectivity index is 1.39. The van der Waals surface area contributed by atoms with Crippen LogP contribution in [-0.2, 0) is 7.05 Å². The zero-order valence-corrected chi connectivity index (χ0v) is 20.3. The largest absolute Gasteiger partial charge is 0.484 e. The van der Waals surface area contributed by atoms with Crippen LogP contribution in [0.4, 0.5) is 5.69 Å². The summed E-state index contributed by atoms with van der Waals surface area (Å²) < 4.78 is 13.4. The number of nitriles is 1. The van der Waals surface area contributed by atoms with Gasteiger partial charge in [-0.1, -0.05) is 19.0 Å². The molecule has 0 bridgehead atoms. The smallest absolute Gasteiger partial charge is 0.295 e. The summed E-state index contributed by atoms with van der Waals surface area (Å²) in [6, 6.07) is 5.85. The predicted octanol–water partition coefficient (Wildman–Crippen LogP) is 2.88. The summed E-state index contributed by atoms with van der Waals surface area (Å²) in [4.78, 5) is 27.3. The molecule has 0 unspecified atom stereocenters. The van der Waals surface area contributed by atoms with E-state index in [1.165, 1.54) is 0 Å². The number of hydrogen-bond donors (Lipinski definition) is 0. The van der Waals surface area contributed by atoms with Crippen LogP contribution in [0.1, 0.15) is 68.9 Å². The Hall–Kier alpha value is -3.45. The van der Waals surface area contributed by atoms with Gasteiger partial charge in [0, 0.05) is 32.1 Å². The Bertz CT molecular complexity index is 1390. The number of rotatable bonds is 5. The van der Waals surface area contributed by atoms with E-state index in [4.69, 9.17) is 14.2 Å². The lowest BCUT2D eigenvalue weighted by molar-refractivity contribution is 0.0572. The van der Waals surface area contributed by atoms with Crippen molar-refractivity contribution in [2.75, 3.05) is 24.6 Å². The van der Waals surface area contributed by atoms with Gasteiger partial charge >= 0.3 is 0 Å². The zero-order chi connectivity index (χ0) is 24.3. The molecule has 1 saturated heterocycles. The SMILES string of the molecule is CC[C@@H]1CN2c3c(c(=O)n(C)c4ccc(C#N)nc34)OC[C@@H]2CN1[C@H](CC)c1nc(C2CC2)no1. The molecule has 3 atom stereocenters. The number of aromatic nitrogens is 4. The first-order chi connectivity index (χ1) is 17.0. The van der Waals surface area contributed by atoms with Crippen LogP contribution in [0.3, 0.4) is 0 Å². The summed E-state index contributed by atoms with van der Waals surface area (Å²) in [5, 5.41) is 13.7. The summed E-state index contributed by atoms with van der Waals surface area (Å²) >= 11 is 0. The van der Waals surface area contributed by atoms with Gasteiger partial charge in [-0.25, -0.2) is 4.98 Å². The third-order valence-corrected chi connectivity index (χ3v) is 7.68. The van der Waals surface area contributed by atoms with Crippen molar-refractivity contribution in [3.05, 3.63) is 39.9 Å². The highest BCUT2D eigenvalue weighted by atomic mass is 16.5. The molecule has 1 saturated carbocycles. The van der Waals surface area contributed by atoms with Crippen LogP contribution in [0.25, 0.3) is 11.0 Å². The molecule has 0 aromatic carbocycles. The van der Waals surface area contributed by atoms with Crippen molar-refractivity contribution < 1.29 is 9.26 Å². The molecule has 182 valence electrons. The van der Waals surface area contributed by atoms with E-state index in [-0.39, 0.29) is 23.7 Å². The minimum Gasteiger partial charge on any atom is -0.484 e. The monoisotopic (exact) mass is 475 g/mol. The normalized spacial score (nSPS) is 22.9. The molecule has 0 radical (unpaired) electrons. The Morgan fingerprint density at radius 3 is 2.77 bits per heavy atom. The molecule has 0 spiro atoms. The second-order valence-electron chi connectivity index (χ2n) is 9.78. The first-order valence-electron chi connectivity index (χ1n) is 12.5. The number of anilines is 1. The molecular weight excluding hydrogens is 446 g/mol. The van der Waals surface area contributed by atoms with Gasteiger partial charge in [0.15, 0.2) is 5.82 Å². The van der Waals surface area contributed by atoms with Crippen LogP contribution in [-0.4, -0.2) is 56.4 Å². The molecule has 6 rings (SSSR count). The van der Waals surface area contributed by atoms with Gasteiger partial charge in [-0.05, 0) is 37.8 Å². The standard InChI is InChI=1S/C25H29N7O3/c1-4-16-11-32-17(12-31(16)18(5-2)24-28-23(29-35-24)14-6-7-14)13-34-22-21(32)20-19(30(3)25(22)33)9-8-15(10-26)27-20/h8-9,14,16-18H,4-7,11-13H2,1-3H3/t16-,17+,18-/m1/s1. The van der Waals surface area contributed by atoms with Gasteiger partial charge in [-0.15, -0.1) is 0 Å². The van der Waals surface area contributed by atoms with Crippen LogP contribution < -0.4 is 15.2 Å². The Morgan fingerprint density at radius 1 is 1.23 bits per heavy atom. The maximum absolute atomic E-state index is 13.2. The van der Waals surface area contributed by atoms with Gasteiger partial charge < -0.3 is 18.7 Å². The molecule has 1 aliphatic carbocycles. The Kier molecular flexibility index (Phi) is 5.25. The van der Waals surface area contributed by atoms with Crippen LogP contribution in [0.2, 0.25) is 0 Å². The van der Waals surface area contributed by atoms with Crippen molar-refractivity contribution in [2.45, 2.75) is 63.6 Å². The van der Waals surface area contributed by atoms with Crippen molar-refractivity contribution in [2.24, 2.45) is 7.05 Å². The van der Waals surface area contributed by atoms with E-state index in [1.807, 2.05) is 0 Å². The second kappa shape index (κ2) is 8.34. The lowest BCUT2D eigenvalue weighted by atomic mass is 9.98. The Morgan fingerprint density at radius 2 is 2.06 bits per heavy atom. The van der Waals surface area contributed by atoms with E-state index in [0.29, 0.717) is 46.6 Å². The number of ether oxygens (including phenoxy) is 1. The quantitative estimate of drug-likeness (QED) is 0.549. The van der Waals surface area contributed by atoms with E-state index in [1.54, 1.807) is 23.7 Å². The van der Waals surface area contributed by atoms with E-state index >= 15 is 0 Å². The van der Waals surface area contributed by atoms with Crippen molar-refractivity contribution in [3.63, 3.8) is 0 Å². The van der Waals surface area contributed by atoms with Gasteiger partial charge in [0.2, 0.25) is 11.6 Å². The van der Waals surface area contributed by atoms with E-state index in [0.717, 1.165) is 44.6 Å². The minimum atomic E-state index is -0.183. The Labute approximate surface area is 203 Å². The lowest BCUT2D eigenvalue weighted by Crippen LogP contribution is -2.62. The topological polar surface area (TPSA) is 113 Å². The van der Waals surface area contributed by atoms with Crippen molar-refractivity contribution in [1.29, 1.82) is 5.26 Å². The van der Waals surface area contributed by atoms with Gasteiger partial charge in [0.1, 0.15) is 29.6 Å². The van der Waals surface area contributed by atoms with Crippen LogP contribution in [0, 0.1) is 11.3 Å². The third kappa shape index (κ3) is 3.48. The summed E-state index contributed by atoms with van der Waals surface area (Å²) in [7, 11) is 1.72. The molecule has 2 aliphatic heterocycles. The lowest BCUT2D eigenvalue weighted by Gasteiger charge is -2.50. The van der Waals surface area contributed by atoms with Gasteiger partial charge in [0.05, 0.1) is 17.6 Å². The van der Waals surface area contributed by atoms with Crippen LogP contribution >= 0.6 is 0 Å². The fourth-order valence-corrected chi connectivity index (χ4v) is 5.58. The molecule has 0 N–H and O–H groups in total. The van der Waals surface area contributed by atoms with Crippen molar-refractivity contribution in [1.82, 2.24) is 24.6 Å². The second-order valence-corrected chi connectivity index (χ2v) is 9.78. The summed E-state index contributed by atoms with van der Waals surface area (Å²) in [6.07, 6.45) is 4.07. The van der Waals surface area contributed by atoms with Gasteiger partial charge in [0.25, 0.3) is 5.56 Å².